The highest BCUT2D eigenvalue weighted by molar-refractivity contribution is 5.95. The summed E-state index contributed by atoms with van der Waals surface area (Å²) in [6, 6.07) is 5.19. The van der Waals surface area contributed by atoms with E-state index in [1.807, 2.05) is 4.90 Å². The predicted octanol–water partition coefficient (Wildman–Crippen LogP) is 2.00. The molecule has 1 unspecified atom stereocenters. The van der Waals surface area contributed by atoms with Crippen LogP contribution < -0.4 is 10.1 Å². The third-order valence-corrected chi connectivity index (χ3v) is 3.81. The highest BCUT2D eigenvalue weighted by Crippen LogP contribution is 2.27. The normalized spacial score (nSPS) is 17.7. The molecule has 1 aromatic rings. The number of carbonyl (C=O) groups excluding carboxylic acids is 1. The van der Waals surface area contributed by atoms with Crippen molar-refractivity contribution in [2.24, 2.45) is 0 Å². The van der Waals surface area contributed by atoms with Gasteiger partial charge in [0.25, 0.3) is 5.91 Å². The lowest BCUT2D eigenvalue weighted by molar-refractivity contribution is 0.0741. The van der Waals surface area contributed by atoms with Gasteiger partial charge in [0.2, 0.25) is 0 Å². The monoisotopic (exact) mass is 292 g/mol. The molecule has 0 bridgehead atoms. The fourth-order valence-electron chi connectivity index (χ4n) is 2.73. The summed E-state index contributed by atoms with van der Waals surface area (Å²) >= 11 is 0. The number of phenols is 1. The smallest absolute Gasteiger partial charge is 0.254 e. The average molecular weight is 292 g/mol. The van der Waals surface area contributed by atoms with Crippen LogP contribution in [0.25, 0.3) is 0 Å². The third kappa shape index (κ3) is 3.88. The van der Waals surface area contributed by atoms with Gasteiger partial charge >= 0.3 is 0 Å². The number of rotatable bonds is 6. The van der Waals surface area contributed by atoms with Crippen molar-refractivity contribution in [3.8, 4) is 11.5 Å². The fourth-order valence-corrected chi connectivity index (χ4v) is 2.73. The van der Waals surface area contributed by atoms with Crippen LogP contribution in [0, 0.1) is 0 Å². The minimum atomic E-state index is -0.0384. The largest absolute Gasteiger partial charge is 0.504 e. The van der Waals surface area contributed by atoms with E-state index in [1.54, 1.807) is 12.1 Å². The van der Waals surface area contributed by atoms with Gasteiger partial charge in [0.15, 0.2) is 11.5 Å². The number of benzene rings is 1. The molecule has 1 atom stereocenters. The number of ether oxygens (including phenoxy) is 1. The molecule has 116 valence electrons. The van der Waals surface area contributed by atoms with Gasteiger partial charge in [0.05, 0.1) is 7.11 Å². The van der Waals surface area contributed by atoms with Gasteiger partial charge in [-0.15, -0.1) is 0 Å². The summed E-state index contributed by atoms with van der Waals surface area (Å²) in [7, 11) is 1.49. The highest BCUT2D eigenvalue weighted by Gasteiger charge is 2.22. The summed E-state index contributed by atoms with van der Waals surface area (Å²) in [5.74, 6) is 0.341. The molecule has 1 aliphatic heterocycles. The number of methoxy groups -OCH3 is 1. The molecule has 1 fully saturated rings. The standard InChI is InChI=1S/C16H24N2O3/c1-3-9-18(11-13-5-4-8-17-13)16(20)12-6-7-15(21-2)14(19)10-12/h6-7,10,13,17,19H,3-5,8-9,11H2,1-2H3. The minimum Gasteiger partial charge on any atom is -0.504 e. The van der Waals surface area contributed by atoms with E-state index < -0.39 is 0 Å². The maximum Gasteiger partial charge on any atom is 0.254 e. The van der Waals surface area contributed by atoms with Crippen molar-refractivity contribution in [3.63, 3.8) is 0 Å². The Hall–Kier alpha value is -1.75. The molecule has 2 rings (SSSR count). The fraction of sp³-hybridized carbons (Fsp3) is 0.562. The molecule has 1 amide bonds. The molecule has 2 N–H and O–H groups in total. The zero-order chi connectivity index (χ0) is 15.2. The zero-order valence-corrected chi connectivity index (χ0v) is 12.8. The molecule has 1 heterocycles. The Kier molecular flexibility index (Phi) is 5.44. The maximum absolute atomic E-state index is 12.6. The van der Waals surface area contributed by atoms with Crippen molar-refractivity contribution in [1.29, 1.82) is 0 Å². The third-order valence-electron chi connectivity index (χ3n) is 3.81. The molecule has 0 spiro atoms. The molecule has 0 radical (unpaired) electrons. The quantitative estimate of drug-likeness (QED) is 0.842. The Morgan fingerprint density at radius 3 is 2.90 bits per heavy atom. The number of nitrogens with one attached hydrogen (secondary N) is 1. The number of nitrogens with zero attached hydrogens (tertiary/aromatic N) is 1. The Morgan fingerprint density at radius 2 is 2.33 bits per heavy atom. The van der Waals surface area contributed by atoms with Crippen LogP contribution in [0.1, 0.15) is 36.5 Å². The zero-order valence-electron chi connectivity index (χ0n) is 12.8. The SMILES string of the molecule is CCCN(CC1CCCN1)C(=O)c1ccc(OC)c(O)c1. The van der Waals surface area contributed by atoms with Crippen molar-refractivity contribution < 1.29 is 14.6 Å². The van der Waals surface area contributed by atoms with E-state index in [1.165, 1.54) is 19.6 Å². The molecule has 1 saturated heterocycles. The van der Waals surface area contributed by atoms with Crippen molar-refractivity contribution in [3.05, 3.63) is 23.8 Å². The van der Waals surface area contributed by atoms with Gasteiger partial charge in [-0.3, -0.25) is 4.79 Å². The van der Waals surface area contributed by atoms with Gasteiger partial charge in [-0.05, 0) is 44.0 Å². The van der Waals surface area contributed by atoms with Gasteiger partial charge in [-0.25, -0.2) is 0 Å². The molecule has 0 saturated carbocycles. The lowest BCUT2D eigenvalue weighted by atomic mass is 10.1. The van der Waals surface area contributed by atoms with Crippen molar-refractivity contribution >= 4 is 5.91 Å². The number of aromatic hydroxyl groups is 1. The summed E-state index contributed by atoms with van der Waals surface area (Å²) < 4.78 is 5.01. The van der Waals surface area contributed by atoms with Crippen LogP contribution in [0.5, 0.6) is 11.5 Å². The summed E-state index contributed by atoms with van der Waals surface area (Å²) in [6.07, 6.45) is 3.20. The molecule has 5 heteroatoms. The van der Waals surface area contributed by atoms with E-state index in [-0.39, 0.29) is 11.7 Å². The minimum absolute atomic E-state index is 0.00112. The second-order valence-corrected chi connectivity index (χ2v) is 5.43. The van der Waals surface area contributed by atoms with Gasteiger partial charge < -0.3 is 20.1 Å². The lowest BCUT2D eigenvalue weighted by Gasteiger charge is -2.25. The van der Waals surface area contributed by atoms with Crippen molar-refractivity contribution in [2.45, 2.75) is 32.2 Å². The molecular weight excluding hydrogens is 268 g/mol. The number of hydrogen-bond acceptors (Lipinski definition) is 4. The summed E-state index contributed by atoms with van der Waals surface area (Å²) in [4.78, 5) is 14.5. The molecule has 1 aromatic carbocycles. The van der Waals surface area contributed by atoms with Crippen molar-refractivity contribution in [1.82, 2.24) is 10.2 Å². The van der Waals surface area contributed by atoms with Crippen LogP contribution in [0.15, 0.2) is 18.2 Å². The van der Waals surface area contributed by atoms with Gasteiger partial charge in [0, 0.05) is 24.7 Å². The van der Waals surface area contributed by atoms with Gasteiger partial charge in [-0.1, -0.05) is 6.92 Å². The lowest BCUT2D eigenvalue weighted by Crippen LogP contribution is -2.41. The van der Waals surface area contributed by atoms with Crippen LogP contribution in [-0.4, -0.2) is 48.7 Å². The highest BCUT2D eigenvalue weighted by atomic mass is 16.5. The first-order chi connectivity index (χ1) is 10.2. The van der Waals surface area contributed by atoms with Crippen LogP contribution in [0.2, 0.25) is 0 Å². The second kappa shape index (κ2) is 7.31. The number of carbonyl (C=O) groups is 1. The van der Waals surface area contributed by atoms with E-state index in [9.17, 15) is 9.90 Å². The molecule has 21 heavy (non-hydrogen) atoms. The summed E-state index contributed by atoms with van der Waals surface area (Å²) in [5.41, 5.74) is 0.500. The maximum atomic E-state index is 12.6. The molecule has 0 aliphatic carbocycles. The van der Waals surface area contributed by atoms with E-state index in [4.69, 9.17) is 4.74 Å². The van der Waals surface area contributed by atoms with Crippen LogP contribution in [0.3, 0.4) is 0 Å². The average Bonchev–Trinajstić information content (AvgIpc) is 2.99. The Labute approximate surface area is 125 Å². The Balaban J connectivity index is 2.11. The first-order valence-electron chi connectivity index (χ1n) is 7.55. The van der Waals surface area contributed by atoms with Crippen LogP contribution >= 0.6 is 0 Å². The molecule has 5 nitrogen and oxygen atoms in total. The Bertz CT molecular complexity index is 484. The number of hydrogen-bond donors (Lipinski definition) is 2. The Morgan fingerprint density at radius 1 is 1.52 bits per heavy atom. The second-order valence-electron chi connectivity index (χ2n) is 5.43. The summed E-state index contributed by atoms with van der Waals surface area (Å²) in [5, 5.41) is 13.2. The van der Waals surface area contributed by atoms with Crippen LogP contribution in [-0.2, 0) is 0 Å². The first kappa shape index (κ1) is 15.6. The number of phenolic OH excluding ortho intramolecular Hbond substituents is 1. The molecular formula is C16H24N2O3. The van der Waals surface area contributed by atoms with E-state index in [0.29, 0.717) is 17.4 Å². The van der Waals surface area contributed by atoms with E-state index in [2.05, 4.69) is 12.2 Å². The van der Waals surface area contributed by atoms with Gasteiger partial charge in [-0.2, -0.15) is 0 Å². The van der Waals surface area contributed by atoms with E-state index >= 15 is 0 Å². The number of amides is 1. The molecule has 1 aliphatic rings. The van der Waals surface area contributed by atoms with Gasteiger partial charge in [0.1, 0.15) is 0 Å². The van der Waals surface area contributed by atoms with E-state index in [0.717, 1.165) is 32.5 Å². The van der Waals surface area contributed by atoms with Crippen LogP contribution in [0.4, 0.5) is 0 Å². The molecule has 0 aromatic heterocycles. The summed E-state index contributed by atoms with van der Waals surface area (Å²) in [6.45, 7) is 4.54. The topological polar surface area (TPSA) is 61.8 Å². The first-order valence-corrected chi connectivity index (χ1v) is 7.55. The predicted molar refractivity (Wildman–Crippen MR) is 81.9 cm³/mol. The van der Waals surface area contributed by atoms with Crippen molar-refractivity contribution in [2.75, 3.05) is 26.7 Å².